The Bertz CT molecular complexity index is 1640. The maximum Gasteiger partial charge on any atom is 0.306 e. The lowest BCUT2D eigenvalue weighted by atomic mass is 10.0. The molecule has 0 radical (unpaired) electrons. The summed E-state index contributed by atoms with van der Waals surface area (Å²) in [5, 5.41) is 44.0. The van der Waals surface area contributed by atoms with Crippen LogP contribution >= 0.6 is 11.8 Å². The summed E-state index contributed by atoms with van der Waals surface area (Å²) < 4.78 is 18.4. The van der Waals surface area contributed by atoms with Crippen LogP contribution in [0.4, 0.5) is 5.82 Å². The number of nitrogens with one attached hydrogen (secondary N) is 2. The van der Waals surface area contributed by atoms with Gasteiger partial charge in [0.2, 0.25) is 11.8 Å². The Balaban J connectivity index is 1.95. The average Bonchev–Trinajstić information content (AvgIpc) is 4.06. The van der Waals surface area contributed by atoms with Crippen molar-refractivity contribution >= 4 is 41.3 Å². The van der Waals surface area contributed by atoms with Crippen molar-refractivity contribution in [3.8, 4) is 0 Å². The predicted octanol–water partition coefficient (Wildman–Crippen LogP) is 15.1. The molecule has 1 unspecified atom stereocenters. The van der Waals surface area contributed by atoms with Crippen LogP contribution < -0.4 is 10.6 Å². The molecule has 0 aliphatic carbocycles. The summed E-state index contributed by atoms with van der Waals surface area (Å²) in [6, 6.07) is -1.01. The number of carbonyl (C=O) groups excluding carboxylic acids is 4. The van der Waals surface area contributed by atoms with E-state index in [-0.39, 0.29) is 54.6 Å². The number of ether oxygens (including phenoxy) is 3. The number of thioether (sulfide) groups is 1. The van der Waals surface area contributed by atoms with Crippen LogP contribution in [0, 0.1) is 0 Å². The van der Waals surface area contributed by atoms with E-state index < -0.39 is 49.2 Å². The van der Waals surface area contributed by atoms with E-state index in [1.54, 1.807) is 0 Å². The second-order valence-electron chi connectivity index (χ2n) is 23.3. The fourth-order valence-electron chi connectivity index (χ4n) is 10.6. The van der Waals surface area contributed by atoms with E-state index in [0.29, 0.717) is 12.8 Å². The van der Waals surface area contributed by atoms with Crippen LogP contribution in [-0.4, -0.2) is 109 Å². The molecule has 16 heteroatoms. The highest BCUT2D eigenvalue weighted by Crippen LogP contribution is 2.29. The highest BCUT2D eigenvalue weighted by Gasteiger charge is 2.44. The molecular weight excluding hydrogens is 1030 g/mol. The number of rotatable bonds is 57. The Hall–Kier alpha value is -2.79. The van der Waals surface area contributed by atoms with Crippen LogP contribution in [0.5, 0.6) is 0 Å². The topological polar surface area (TPSA) is 211 Å². The van der Waals surface area contributed by atoms with Crippen molar-refractivity contribution in [2.45, 2.75) is 346 Å². The first kappa shape index (κ1) is 73.3. The molecule has 1 fully saturated rings. The number of aromatic nitrogens is 3. The number of anilines is 1. The largest absolute Gasteiger partial charge is 0.462 e. The summed E-state index contributed by atoms with van der Waals surface area (Å²) in [5.41, 5.74) is 0. The van der Waals surface area contributed by atoms with Crippen molar-refractivity contribution in [1.29, 1.82) is 0 Å². The van der Waals surface area contributed by atoms with Crippen LogP contribution in [0.1, 0.15) is 316 Å². The number of esters is 2. The van der Waals surface area contributed by atoms with Gasteiger partial charge in [-0.15, -0.1) is 5.10 Å². The summed E-state index contributed by atoms with van der Waals surface area (Å²) in [7, 11) is 0. The van der Waals surface area contributed by atoms with Crippen LogP contribution in [0.25, 0.3) is 0 Å². The minimum atomic E-state index is -1.39. The molecule has 1 aliphatic heterocycles. The van der Waals surface area contributed by atoms with Crippen LogP contribution in [0.2, 0.25) is 0 Å². The number of aliphatic hydroxyl groups is 3. The maximum atomic E-state index is 13.9. The van der Waals surface area contributed by atoms with Crippen LogP contribution in [0.3, 0.4) is 0 Å². The zero-order chi connectivity index (χ0) is 57.9. The molecule has 0 bridgehead atoms. The van der Waals surface area contributed by atoms with Gasteiger partial charge in [-0.2, -0.15) is 11.8 Å². The Morgan fingerprint density at radius 2 is 0.938 bits per heavy atom. The van der Waals surface area contributed by atoms with Crippen molar-refractivity contribution < 1.29 is 48.7 Å². The molecule has 466 valence electrons. The lowest BCUT2D eigenvalue weighted by Crippen LogP contribution is -2.45. The first-order valence-electron chi connectivity index (χ1n) is 33.2. The minimum Gasteiger partial charge on any atom is -0.462 e. The lowest BCUT2D eigenvalue weighted by Gasteiger charge is -2.21. The van der Waals surface area contributed by atoms with Crippen molar-refractivity contribution in [3.63, 3.8) is 0 Å². The first-order chi connectivity index (χ1) is 39.1. The summed E-state index contributed by atoms with van der Waals surface area (Å²) in [6.07, 6.45) is 47.7. The van der Waals surface area contributed by atoms with Gasteiger partial charge in [-0.1, -0.05) is 276 Å². The van der Waals surface area contributed by atoms with Crippen LogP contribution in [-0.2, 0) is 33.4 Å². The highest BCUT2D eigenvalue weighted by molar-refractivity contribution is 7.99. The number of hydrogen-bond donors (Lipinski definition) is 5. The summed E-state index contributed by atoms with van der Waals surface area (Å²) >= 11 is 1.32. The van der Waals surface area contributed by atoms with E-state index in [1.807, 2.05) is 0 Å². The Kier molecular flexibility index (Phi) is 47.5. The van der Waals surface area contributed by atoms with Crippen molar-refractivity contribution in [2.24, 2.45) is 0 Å². The molecule has 5 N–H and O–H groups in total. The number of carbonyl (C=O) groups is 4. The third-order valence-electron chi connectivity index (χ3n) is 15.7. The quantitative estimate of drug-likeness (QED) is 0.0304. The van der Waals surface area contributed by atoms with E-state index in [2.05, 4.69) is 41.7 Å². The van der Waals surface area contributed by atoms with E-state index in [0.717, 1.165) is 68.9 Å². The van der Waals surface area contributed by atoms with E-state index in [1.165, 1.54) is 217 Å². The van der Waals surface area contributed by atoms with Gasteiger partial charge in [0.25, 0.3) is 0 Å². The fourth-order valence-corrected chi connectivity index (χ4v) is 11.6. The predicted molar refractivity (Wildman–Crippen MR) is 327 cm³/mol. The van der Waals surface area contributed by atoms with Crippen molar-refractivity contribution in [3.05, 3.63) is 6.20 Å². The van der Waals surface area contributed by atoms with Crippen molar-refractivity contribution in [2.75, 3.05) is 30.0 Å². The second-order valence-corrected chi connectivity index (χ2v) is 24.4. The average molecular weight is 1150 g/mol. The molecule has 0 aromatic carbocycles. The molecule has 1 aromatic heterocycles. The molecular formula is C64H119N5O10S. The molecule has 1 saturated heterocycles. The standard InChI is InChI=1S/C64H119N5O10S/c1-4-7-10-13-16-19-22-25-28-31-34-37-40-43-46-58(71)65-55(63(76)66-57-49-69(68-67-57)64-62(75)61(74)56(50-70)79-64)53-80-52-54(78-60(73)48-45-42-39-36-33-30-27-24-21-18-15-12-9-6-3)51-77-59(72)47-44-41-38-35-32-29-26-23-20-17-14-11-8-5-2/h49,54-56,61-62,64,70,74-75H,4-48,50-53H2,1-3H3,(H,65,71)(H,66,76)/t54-,55-,56?,61-,62-,64+/m1/s1. The molecule has 15 nitrogen and oxygen atoms in total. The first-order valence-corrected chi connectivity index (χ1v) is 34.4. The van der Waals surface area contributed by atoms with E-state index in [4.69, 9.17) is 14.2 Å². The second kappa shape index (κ2) is 51.8. The van der Waals surface area contributed by atoms with Gasteiger partial charge in [0.05, 0.1) is 12.8 Å². The van der Waals surface area contributed by atoms with Gasteiger partial charge in [0.1, 0.15) is 37.1 Å². The van der Waals surface area contributed by atoms with Crippen LogP contribution in [0.15, 0.2) is 6.20 Å². The van der Waals surface area contributed by atoms with Gasteiger partial charge >= 0.3 is 11.9 Å². The Morgan fingerprint density at radius 3 is 1.34 bits per heavy atom. The summed E-state index contributed by atoms with van der Waals surface area (Å²) in [4.78, 5) is 53.6. The lowest BCUT2D eigenvalue weighted by molar-refractivity contribution is -0.157. The van der Waals surface area contributed by atoms with E-state index >= 15 is 0 Å². The number of aliphatic hydroxyl groups excluding tert-OH is 3. The number of amides is 2. The number of nitrogens with zero attached hydrogens (tertiary/aromatic N) is 3. The van der Waals surface area contributed by atoms with Gasteiger partial charge in [-0.05, 0) is 19.3 Å². The normalized spacial score (nSPS) is 16.9. The molecule has 80 heavy (non-hydrogen) atoms. The van der Waals surface area contributed by atoms with Gasteiger partial charge in [-0.3, -0.25) is 19.2 Å². The zero-order valence-corrected chi connectivity index (χ0v) is 52.0. The van der Waals surface area contributed by atoms with E-state index in [9.17, 15) is 34.5 Å². The monoisotopic (exact) mass is 1150 g/mol. The smallest absolute Gasteiger partial charge is 0.306 e. The molecule has 2 heterocycles. The molecule has 1 aromatic rings. The summed E-state index contributed by atoms with van der Waals surface area (Å²) in [5.74, 6) is -1.08. The molecule has 2 rings (SSSR count). The van der Waals surface area contributed by atoms with Crippen molar-refractivity contribution in [1.82, 2.24) is 20.3 Å². The molecule has 1 aliphatic rings. The summed E-state index contributed by atoms with van der Waals surface area (Å²) in [6.45, 7) is 6.16. The Labute approximate surface area is 490 Å². The minimum absolute atomic E-state index is 0.0324. The zero-order valence-electron chi connectivity index (χ0n) is 51.1. The Morgan fingerprint density at radius 1 is 0.550 bits per heavy atom. The maximum absolute atomic E-state index is 13.9. The molecule has 2 amide bonds. The molecule has 0 spiro atoms. The fraction of sp³-hybridized carbons (Fsp3) is 0.906. The SMILES string of the molecule is CCCCCCCCCCCCCCCCC(=O)N[C@H](CSC[C@@H](COC(=O)CCCCCCCCCCCCCCCC)OC(=O)CCCCCCCCCCCCCCCC)C(=O)Nc1cn([C@H]2OC(CO)[C@@H](O)[C@H]2O)nn1. The van der Waals surface area contributed by atoms with Gasteiger partial charge in [-0.25, -0.2) is 4.68 Å². The third kappa shape index (κ3) is 38.9. The number of hydrogen-bond acceptors (Lipinski definition) is 13. The van der Waals surface area contributed by atoms with Gasteiger partial charge in [0.15, 0.2) is 12.0 Å². The highest BCUT2D eigenvalue weighted by atomic mass is 32.2. The molecule has 6 atom stereocenters. The third-order valence-corrected chi connectivity index (χ3v) is 16.9. The molecule has 0 saturated carbocycles. The number of unbranched alkanes of at least 4 members (excludes halogenated alkanes) is 39. The van der Waals surface area contributed by atoms with Gasteiger partial charge < -0.3 is 40.2 Å². The van der Waals surface area contributed by atoms with Gasteiger partial charge in [0, 0.05) is 30.8 Å².